The average molecular weight is 503 g/mol. The molecule has 0 fully saturated rings. The van der Waals surface area contributed by atoms with Gasteiger partial charge in [-0.1, -0.05) is 45.9 Å². The second-order valence-corrected chi connectivity index (χ2v) is 10.6. The molecule has 1 aromatic heterocycles. The molecule has 0 aliphatic rings. The Hall–Kier alpha value is -3.56. The second-order valence-electron chi connectivity index (χ2n) is 10.6. The predicted octanol–water partition coefficient (Wildman–Crippen LogP) is 2.97. The number of carbonyl (C=O) groups is 4. The smallest absolute Gasteiger partial charge is 0.408 e. The highest BCUT2D eigenvalue weighted by Crippen LogP contribution is 2.19. The fourth-order valence-electron chi connectivity index (χ4n) is 3.73. The topological polar surface area (TPSA) is 150 Å². The van der Waals surface area contributed by atoms with Crippen molar-refractivity contribution >= 4 is 34.8 Å². The van der Waals surface area contributed by atoms with Crippen molar-refractivity contribution in [1.82, 2.24) is 20.9 Å². The molecule has 198 valence electrons. The molecule has 2 aromatic rings. The lowest BCUT2D eigenvalue weighted by atomic mass is 9.99. The number of benzene rings is 1. The number of carbonyl (C=O) groups excluding carboxylic acids is 3. The monoisotopic (exact) mass is 502 g/mol. The fourth-order valence-corrected chi connectivity index (χ4v) is 3.73. The maximum absolute atomic E-state index is 13.1. The number of nitrogens with one attached hydrogen (secondary N) is 4. The van der Waals surface area contributed by atoms with Gasteiger partial charge < -0.3 is 30.8 Å². The van der Waals surface area contributed by atoms with E-state index in [0.717, 1.165) is 16.5 Å². The number of fused-ring (bicyclic) bond motifs is 1. The van der Waals surface area contributed by atoms with Crippen molar-refractivity contribution in [3.05, 3.63) is 36.0 Å². The molecule has 0 aliphatic heterocycles. The van der Waals surface area contributed by atoms with Gasteiger partial charge in [-0.15, -0.1) is 0 Å². The van der Waals surface area contributed by atoms with E-state index < -0.39 is 47.6 Å². The highest BCUT2D eigenvalue weighted by molar-refractivity contribution is 5.93. The van der Waals surface area contributed by atoms with E-state index >= 15 is 0 Å². The van der Waals surface area contributed by atoms with Crippen LogP contribution >= 0.6 is 0 Å². The molecule has 3 amide bonds. The SMILES string of the molecule is CC(C)C(NC(=O)OC(C)(C)C)C(=O)NC(C(=O)NC(Cc1c[nH]c2ccccc12)C(=O)O)C(C)C. The summed E-state index contributed by atoms with van der Waals surface area (Å²) in [4.78, 5) is 53.5. The number of ether oxygens (including phenoxy) is 1. The minimum Gasteiger partial charge on any atom is -0.480 e. The molecule has 0 spiro atoms. The Kier molecular flexibility index (Phi) is 9.49. The molecule has 5 N–H and O–H groups in total. The van der Waals surface area contributed by atoms with Crippen LogP contribution in [0.25, 0.3) is 10.9 Å². The van der Waals surface area contributed by atoms with Gasteiger partial charge in [0.15, 0.2) is 0 Å². The van der Waals surface area contributed by atoms with Crippen LogP contribution in [0, 0.1) is 11.8 Å². The number of aliphatic carboxylic acids is 1. The van der Waals surface area contributed by atoms with Gasteiger partial charge in [0.2, 0.25) is 11.8 Å². The first-order chi connectivity index (χ1) is 16.7. The number of aromatic nitrogens is 1. The summed E-state index contributed by atoms with van der Waals surface area (Å²) >= 11 is 0. The molecule has 36 heavy (non-hydrogen) atoms. The van der Waals surface area contributed by atoms with Gasteiger partial charge in [-0.2, -0.15) is 0 Å². The number of rotatable bonds is 10. The number of amides is 3. The Balaban J connectivity index is 2.13. The molecule has 0 radical (unpaired) electrons. The first kappa shape index (κ1) is 28.7. The third-order valence-electron chi connectivity index (χ3n) is 5.58. The van der Waals surface area contributed by atoms with Gasteiger partial charge in [0.05, 0.1) is 0 Å². The van der Waals surface area contributed by atoms with Crippen molar-refractivity contribution in [2.45, 2.75) is 78.6 Å². The number of alkyl carbamates (subject to hydrolysis) is 1. The van der Waals surface area contributed by atoms with Crippen LogP contribution < -0.4 is 16.0 Å². The van der Waals surface area contributed by atoms with E-state index in [-0.39, 0.29) is 18.3 Å². The van der Waals surface area contributed by atoms with Crippen LogP contribution in [0.15, 0.2) is 30.5 Å². The van der Waals surface area contributed by atoms with Gasteiger partial charge in [-0.25, -0.2) is 9.59 Å². The molecule has 0 saturated carbocycles. The number of carboxylic acids is 1. The van der Waals surface area contributed by atoms with Gasteiger partial charge in [0, 0.05) is 23.5 Å². The molecule has 0 bridgehead atoms. The molecular weight excluding hydrogens is 464 g/mol. The van der Waals surface area contributed by atoms with Crippen LogP contribution in [0.3, 0.4) is 0 Å². The summed E-state index contributed by atoms with van der Waals surface area (Å²) < 4.78 is 5.25. The van der Waals surface area contributed by atoms with E-state index in [1.165, 1.54) is 0 Å². The molecule has 0 saturated heterocycles. The molecule has 0 aliphatic carbocycles. The highest BCUT2D eigenvalue weighted by atomic mass is 16.6. The summed E-state index contributed by atoms with van der Waals surface area (Å²) in [7, 11) is 0. The Labute approximate surface area is 211 Å². The van der Waals surface area contributed by atoms with Crippen molar-refractivity contribution in [3.63, 3.8) is 0 Å². The van der Waals surface area contributed by atoms with Crippen LogP contribution in [-0.2, 0) is 25.5 Å². The summed E-state index contributed by atoms with van der Waals surface area (Å²) in [5.74, 6) is -3.00. The van der Waals surface area contributed by atoms with Crippen molar-refractivity contribution < 1.29 is 29.0 Å². The highest BCUT2D eigenvalue weighted by Gasteiger charge is 2.33. The van der Waals surface area contributed by atoms with Gasteiger partial charge in [-0.3, -0.25) is 9.59 Å². The maximum Gasteiger partial charge on any atom is 0.408 e. The van der Waals surface area contributed by atoms with E-state index in [1.54, 1.807) is 54.7 Å². The second kappa shape index (κ2) is 11.9. The van der Waals surface area contributed by atoms with Crippen molar-refractivity contribution in [1.29, 1.82) is 0 Å². The third-order valence-corrected chi connectivity index (χ3v) is 5.58. The number of hydrogen-bond donors (Lipinski definition) is 5. The van der Waals surface area contributed by atoms with Crippen molar-refractivity contribution in [3.8, 4) is 0 Å². The maximum atomic E-state index is 13.1. The number of hydrogen-bond acceptors (Lipinski definition) is 5. The fraction of sp³-hybridized carbons (Fsp3) is 0.538. The van der Waals surface area contributed by atoms with Crippen LogP contribution in [0.2, 0.25) is 0 Å². The molecule has 3 unspecified atom stereocenters. The van der Waals surface area contributed by atoms with Gasteiger partial charge >= 0.3 is 12.1 Å². The third kappa shape index (κ3) is 8.00. The summed E-state index contributed by atoms with van der Waals surface area (Å²) in [6.07, 6.45) is 1.05. The van der Waals surface area contributed by atoms with Crippen LogP contribution in [0.5, 0.6) is 0 Å². The molecule has 10 heteroatoms. The van der Waals surface area contributed by atoms with E-state index in [9.17, 15) is 24.3 Å². The number of H-pyrrole nitrogens is 1. The normalized spacial score (nSPS) is 14.2. The van der Waals surface area contributed by atoms with E-state index in [1.807, 2.05) is 24.3 Å². The van der Waals surface area contributed by atoms with Crippen LogP contribution in [0.4, 0.5) is 4.79 Å². The van der Waals surface area contributed by atoms with E-state index in [2.05, 4.69) is 20.9 Å². The zero-order chi connectivity index (χ0) is 27.2. The lowest BCUT2D eigenvalue weighted by molar-refractivity contribution is -0.142. The first-order valence-corrected chi connectivity index (χ1v) is 12.1. The van der Waals surface area contributed by atoms with Gasteiger partial charge in [-0.05, 0) is 44.2 Å². The molecule has 2 rings (SSSR count). The molecule has 1 aromatic carbocycles. The largest absolute Gasteiger partial charge is 0.480 e. The quantitative estimate of drug-likeness (QED) is 0.337. The minimum atomic E-state index is -1.20. The summed E-state index contributed by atoms with van der Waals surface area (Å²) in [6, 6.07) is 4.33. The summed E-state index contributed by atoms with van der Waals surface area (Å²) in [6.45, 7) is 12.1. The summed E-state index contributed by atoms with van der Waals surface area (Å²) in [5, 5.41) is 18.5. The Morgan fingerprint density at radius 3 is 2.03 bits per heavy atom. The minimum absolute atomic E-state index is 0.0681. The lowest BCUT2D eigenvalue weighted by Gasteiger charge is -2.28. The predicted molar refractivity (Wildman–Crippen MR) is 136 cm³/mol. The van der Waals surface area contributed by atoms with Crippen molar-refractivity contribution in [2.24, 2.45) is 11.8 Å². The Morgan fingerprint density at radius 1 is 0.917 bits per heavy atom. The zero-order valence-corrected chi connectivity index (χ0v) is 22.0. The first-order valence-electron chi connectivity index (χ1n) is 12.1. The van der Waals surface area contributed by atoms with Crippen LogP contribution in [0.1, 0.15) is 54.0 Å². The average Bonchev–Trinajstić information content (AvgIpc) is 3.16. The van der Waals surface area contributed by atoms with E-state index in [0.29, 0.717) is 0 Å². The molecule has 10 nitrogen and oxygen atoms in total. The number of carboxylic acid groups (broad SMARTS) is 1. The standard InChI is InChI=1S/C26H38N4O6/c1-14(2)20(29-23(32)21(15(3)4)30-25(35)36-26(5,6)7)22(31)28-19(24(33)34)12-16-13-27-18-11-9-8-10-17(16)18/h8-11,13-15,19-21,27H,12H2,1-7H3,(H,28,31)(H,29,32)(H,30,35)(H,33,34). The number of aromatic amines is 1. The van der Waals surface area contributed by atoms with Gasteiger partial charge in [0.1, 0.15) is 23.7 Å². The van der Waals surface area contributed by atoms with Gasteiger partial charge in [0.25, 0.3) is 0 Å². The Morgan fingerprint density at radius 2 is 1.47 bits per heavy atom. The Bertz CT molecular complexity index is 1090. The summed E-state index contributed by atoms with van der Waals surface area (Å²) in [5.41, 5.74) is 0.886. The molecule has 1 heterocycles. The number of para-hydroxylation sites is 1. The van der Waals surface area contributed by atoms with Crippen LogP contribution in [-0.4, -0.2) is 57.7 Å². The zero-order valence-electron chi connectivity index (χ0n) is 22.0. The van der Waals surface area contributed by atoms with E-state index in [4.69, 9.17) is 4.74 Å². The van der Waals surface area contributed by atoms with Crippen molar-refractivity contribution in [2.75, 3.05) is 0 Å². The lowest BCUT2D eigenvalue weighted by Crippen LogP contribution is -2.58. The molecular formula is C26H38N4O6. The molecule has 3 atom stereocenters.